The van der Waals surface area contributed by atoms with E-state index >= 15 is 0 Å². The number of amides is 1. The average Bonchev–Trinajstić information content (AvgIpc) is 2.59. The topological polar surface area (TPSA) is 73.3 Å². The molecule has 2 aromatic heterocycles. The molecule has 5 heteroatoms. The zero-order chi connectivity index (χ0) is 11.0. The number of primary amides is 1. The molecule has 0 bridgehead atoms. The van der Waals surface area contributed by atoms with E-state index in [1.54, 1.807) is 16.7 Å². The van der Waals surface area contributed by atoms with Gasteiger partial charge >= 0.3 is 0 Å². The lowest BCUT2D eigenvalue weighted by molar-refractivity contribution is 0.0995. The van der Waals surface area contributed by atoms with Gasteiger partial charge in [0.05, 0.1) is 5.69 Å². The van der Waals surface area contributed by atoms with Crippen LogP contribution in [0.5, 0.6) is 0 Å². The van der Waals surface area contributed by atoms with E-state index < -0.39 is 5.91 Å². The van der Waals surface area contributed by atoms with Gasteiger partial charge in [-0.2, -0.15) is 0 Å². The van der Waals surface area contributed by atoms with Crippen LogP contribution in [0.4, 0.5) is 0 Å². The van der Waals surface area contributed by atoms with Crippen LogP contribution in [0.2, 0.25) is 0 Å². The zero-order valence-electron chi connectivity index (χ0n) is 8.64. The summed E-state index contributed by atoms with van der Waals surface area (Å²) in [6.07, 6.45) is 3.64. The van der Waals surface area contributed by atoms with Gasteiger partial charge in [0.15, 0.2) is 0 Å². The molecule has 2 aromatic rings. The molecule has 0 aromatic carbocycles. The molecule has 5 nitrogen and oxygen atoms in total. The quantitative estimate of drug-likeness (QED) is 0.791. The molecule has 0 saturated carbocycles. The molecule has 0 spiro atoms. The van der Waals surface area contributed by atoms with E-state index in [1.165, 1.54) is 0 Å². The molecule has 0 unspecified atom stereocenters. The van der Waals surface area contributed by atoms with Crippen molar-refractivity contribution in [3.8, 4) is 0 Å². The lowest BCUT2D eigenvalue weighted by Crippen LogP contribution is -2.13. The highest BCUT2D eigenvalue weighted by atomic mass is 16.1. The van der Waals surface area contributed by atoms with Crippen LogP contribution in [0.1, 0.15) is 35.9 Å². The fraction of sp³-hybridized carbons (Fsp3) is 0.300. The summed E-state index contributed by atoms with van der Waals surface area (Å²) in [6, 6.07) is 1.58. The second kappa shape index (κ2) is 3.34. The first-order chi connectivity index (χ1) is 7.08. The van der Waals surface area contributed by atoms with Gasteiger partial charge < -0.3 is 5.73 Å². The molecule has 15 heavy (non-hydrogen) atoms. The van der Waals surface area contributed by atoms with Crippen LogP contribution in [0, 0.1) is 0 Å². The molecule has 0 saturated heterocycles. The van der Waals surface area contributed by atoms with Crippen molar-refractivity contribution in [1.29, 1.82) is 0 Å². The van der Waals surface area contributed by atoms with Crippen molar-refractivity contribution >= 4 is 11.7 Å². The first kappa shape index (κ1) is 9.64. The molecule has 2 heterocycles. The minimum atomic E-state index is -0.536. The molecule has 0 aliphatic heterocycles. The van der Waals surface area contributed by atoms with Crippen LogP contribution >= 0.6 is 0 Å². The second-order valence-corrected chi connectivity index (χ2v) is 3.70. The molecule has 0 aliphatic rings. The van der Waals surface area contributed by atoms with Crippen molar-refractivity contribution in [2.24, 2.45) is 5.73 Å². The molecule has 78 valence electrons. The van der Waals surface area contributed by atoms with Crippen molar-refractivity contribution in [1.82, 2.24) is 14.4 Å². The molecule has 1 amide bonds. The first-order valence-corrected chi connectivity index (χ1v) is 4.73. The van der Waals surface area contributed by atoms with E-state index in [2.05, 4.69) is 23.8 Å². The Morgan fingerprint density at radius 1 is 1.47 bits per heavy atom. The smallest absolute Gasteiger partial charge is 0.267 e. The zero-order valence-corrected chi connectivity index (χ0v) is 8.64. The molecule has 0 fully saturated rings. The van der Waals surface area contributed by atoms with Crippen LogP contribution < -0.4 is 5.73 Å². The number of hydrogen-bond donors (Lipinski definition) is 1. The van der Waals surface area contributed by atoms with Crippen LogP contribution in [0.3, 0.4) is 0 Å². The monoisotopic (exact) mass is 204 g/mol. The predicted octanol–water partition coefficient (Wildman–Crippen LogP) is 0.952. The third-order valence-electron chi connectivity index (χ3n) is 2.19. The Morgan fingerprint density at radius 3 is 2.80 bits per heavy atom. The standard InChI is InChI=1S/C10H12N4O/c1-6(2)8-5-14-4-3-7(9(11)15)12-10(14)13-8/h3-6H,1-2H3,(H2,11,15). The molecule has 0 aliphatic carbocycles. The van der Waals surface area contributed by atoms with Gasteiger partial charge in [0.2, 0.25) is 5.78 Å². The lowest BCUT2D eigenvalue weighted by atomic mass is 10.2. The number of rotatable bonds is 2. The summed E-state index contributed by atoms with van der Waals surface area (Å²) in [6.45, 7) is 4.10. The number of nitrogens with two attached hydrogens (primary N) is 1. The Hall–Kier alpha value is -1.91. The maximum atomic E-state index is 10.9. The SMILES string of the molecule is CC(C)c1cn2ccc(C(N)=O)nc2n1. The summed E-state index contributed by atoms with van der Waals surface area (Å²) in [5.41, 5.74) is 6.32. The third kappa shape index (κ3) is 1.68. The number of carbonyl (C=O) groups excluding carboxylic acids is 1. The Morgan fingerprint density at radius 2 is 2.20 bits per heavy atom. The van der Waals surface area contributed by atoms with Crippen LogP contribution in [-0.2, 0) is 0 Å². The number of aromatic nitrogens is 3. The summed E-state index contributed by atoms with van der Waals surface area (Å²) < 4.78 is 1.78. The van der Waals surface area contributed by atoms with Gasteiger partial charge in [0, 0.05) is 12.4 Å². The number of hydrogen-bond acceptors (Lipinski definition) is 3. The van der Waals surface area contributed by atoms with Gasteiger partial charge in [0.25, 0.3) is 5.91 Å². The fourth-order valence-corrected chi connectivity index (χ4v) is 1.31. The van der Waals surface area contributed by atoms with E-state index in [-0.39, 0.29) is 5.69 Å². The molecule has 2 rings (SSSR count). The van der Waals surface area contributed by atoms with E-state index in [0.717, 1.165) is 5.69 Å². The van der Waals surface area contributed by atoms with Gasteiger partial charge in [-0.25, -0.2) is 9.97 Å². The highest BCUT2D eigenvalue weighted by molar-refractivity contribution is 5.90. The first-order valence-electron chi connectivity index (χ1n) is 4.73. The Kier molecular flexibility index (Phi) is 2.15. The molecule has 0 atom stereocenters. The summed E-state index contributed by atoms with van der Waals surface area (Å²) in [7, 11) is 0. The maximum absolute atomic E-state index is 10.9. The maximum Gasteiger partial charge on any atom is 0.267 e. The van der Waals surface area contributed by atoms with E-state index in [1.807, 2.05) is 6.20 Å². The van der Waals surface area contributed by atoms with Crippen LogP contribution in [0.25, 0.3) is 5.78 Å². The van der Waals surface area contributed by atoms with E-state index in [0.29, 0.717) is 11.7 Å². The Labute approximate surface area is 87.0 Å². The highest BCUT2D eigenvalue weighted by Gasteiger charge is 2.08. The molecule has 0 radical (unpaired) electrons. The van der Waals surface area contributed by atoms with Crippen LogP contribution in [0.15, 0.2) is 18.5 Å². The largest absolute Gasteiger partial charge is 0.364 e. The second-order valence-electron chi connectivity index (χ2n) is 3.70. The van der Waals surface area contributed by atoms with Crippen molar-refractivity contribution in [3.05, 3.63) is 29.8 Å². The van der Waals surface area contributed by atoms with Crippen molar-refractivity contribution in [2.45, 2.75) is 19.8 Å². The minimum Gasteiger partial charge on any atom is -0.364 e. The van der Waals surface area contributed by atoms with Gasteiger partial charge in [-0.1, -0.05) is 13.8 Å². The summed E-state index contributed by atoms with van der Waals surface area (Å²) >= 11 is 0. The van der Waals surface area contributed by atoms with Crippen LogP contribution in [-0.4, -0.2) is 20.3 Å². The summed E-state index contributed by atoms with van der Waals surface area (Å²) in [5, 5.41) is 0. The van der Waals surface area contributed by atoms with Crippen molar-refractivity contribution < 1.29 is 4.79 Å². The number of carbonyl (C=O) groups is 1. The van der Waals surface area contributed by atoms with Gasteiger partial charge in [-0.3, -0.25) is 9.20 Å². The average molecular weight is 204 g/mol. The number of imidazole rings is 1. The summed E-state index contributed by atoms with van der Waals surface area (Å²) in [4.78, 5) is 19.3. The van der Waals surface area contributed by atoms with Gasteiger partial charge in [-0.15, -0.1) is 0 Å². The highest BCUT2D eigenvalue weighted by Crippen LogP contribution is 2.13. The van der Waals surface area contributed by atoms with Crippen molar-refractivity contribution in [2.75, 3.05) is 0 Å². The minimum absolute atomic E-state index is 0.239. The molecular weight excluding hydrogens is 192 g/mol. The Bertz CT molecular complexity index is 515. The Balaban J connectivity index is 2.57. The van der Waals surface area contributed by atoms with Gasteiger partial charge in [-0.05, 0) is 12.0 Å². The number of nitrogens with zero attached hydrogens (tertiary/aromatic N) is 3. The van der Waals surface area contributed by atoms with Gasteiger partial charge in [0.1, 0.15) is 5.69 Å². The molecule has 2 N–H and O–H groups in total. The predicted molar refractivity (Wildman–Crippen MR) is 55.6 cm³/mol. The van der Waals surface area contributed by atoms with Crippen molar-refractivity contribution in [3.63, 3.8) is 0 Å². The lowest BCUT2D eigenvalue weighted by Gasteiger charge is -1.94. The van der Waals surface area contributed by atoms with E-state index in [4.69, 9.17) is 5.73 Å². The third-order valence-corrected chi connectivity index (χ3v) is 2.19. The summed E-state index contributed by atoms with van der Waals surface area (Å²) in [5.74, 6) is 0.310. The normalized spacial score (nSPS) is 11.1. The number of fused-ring (bicyclic) bond motifs is 1. The molecular formula is C10H12N4O. The fourth-order valence-electron chi connectivity index (χ4n) is 1.31. The van der Waals surface area contributed by atoms with E-state index in [9.17, 15) is 4.79 Å².